The van der Waals surface area contributed by atoms with Gasteiger partial charge >= 0.3 is 5.97 Å². The summed E-state index contributed by atoms with van der Waals surface area (Å²) < 4.78 is 34.9. The van der Waals surface area contributed by atoms with Gasteiger partial charge in [0.2, 0.25) is 0 Å². The van der Waals surface area contributed by atoms with Crippen molar-refractivity contribution in [1.82, 2.24) is 5.32 Å². The molecule has 1 aromatic carbocycles. The van der Waals surface area contributed by atoms with E-state index in [4.69, 9.17) is 15.2 Å². The first-order valence-corrected chi connectivity index (χ1v) is 10.1. The lowest BCUT2D eigenvalue weighted by atomic mass is 9.86. The highest BCUT2D eigenvalue weighted by atomic mass is 32.2. The molecule has 0 bridgehead atoms. The lowest BCUT2D eigenvalue weighted by Gasteiger charge is -2.29. The van der Waals surface area contributed by atoms with Gasteiger partial charge in [-0.15, -0.1) is 0 Å². The number of carbonyl (C=O) groups excluding carboxylic acids is 1. The van der Waals surface area contributed by atoms with Crippen molar-refractivity contribution >= 4 is 21.5 Å². The molecule has 28 heavy (non-hydrogen) atoms. The van der Waals surface area contributed by atoms with Gasteiger partial charge in [0.25, 0.3) is 5.69 Å². The average Bonchev–Trinajstić information content (AvgIpc) is 2.59. The smallest absolute Gasteiger partial charge is 0.338 e. The van der Waals surface area contributed by atoms with E-state index in [2.05, 4.69) is 5.32 Å². The minimum absolute atomic E-state index is 0.0235. The number of benzene rings is 1. The largest absolute Gasteiger partial charge is 0.460 e. The third kappa shape index (κ3) is 4.31. The van der Waals surface area contributed by atoms with Crippen LogP contribution in [0.3, 0.4) is 0 Å². The molecule has 0 aromatic heterocycles. The van der Waals surface area contributed by atoms with E-state index in [-0.39, 0.29) is 46.5 Å². The quantitative estimate of drug-likeness (QED) is 0.289. The van der Waals surface area contributed by atoms with E-state index in [9.17, 15) is 23.3 Å². The number of nitrogens with zero attached hydrogens (tertiary/aromatic N) is 1. The number of ether oxygens (including phenoxy) is 2. The zero-order valence-corrected chi connectivity index (χ0v) is 16.4. The van der Waals surface area contributed by atoms with E-state index in [0.717, 1.165) is 6.26 Å². The highest BCUT2D eigenvalue weighted by Gasteiger charge is 2.41. The summed E-state index contributed by atoms with van der Waals surface area (Å²) in [7, 11) is -2.43. The van der Waals surface area contributed by atoms with E-state index >= 15 is 0 Å². The van der Waals surface area contributed by atoms with Gasteiger partial charge in [0, 0.05) is 30.7 Å². The number of nitrogens with two attached hydrogens (primary N) is 1. The summed E-state index contributed by atoms with van der Waals surface area (Å²) in [5, 5.41) is 14.2. The maximum Gasteiger partial charge on any atom is 0.338 e. The number of methoxy groups -OCH3 is 1. The van der Waals surface area contributed by atoms with E-state index in [1.54, 1.807) is 0 Å². The number of dihydropyridines is 1. The Hall–Kier alpha value is -2.92. The summed E-state index contributed by atoms with van der Waals surface area (Å²) >= 11 is 0. The minimum atomic E-state index is -3.86. The van der Waals surface area contributed by atoms with Crippen LogP contribution in [-0.2, 0) is 24.1 Å². The Bertz CT molecular complexity index is 967. The molecule has 1 unspecified atom stereocenters. The molecule has 152 valence electrons. The van der Waals surface area contributed by atoms with Gasteiger partial charge in [-0.2, -0.15) is 0 Å². The number of para-hydroxylation sites is 1. The monoisotopic (exact) mass is 411 g/mol. The Labute approximate surface area is 162 Å². The lowest BCUT2D eigenvalue weighted by Crippen LogP contribution is -2.36. The number of hydrogen-bond donors (Lipinski definition) is 2. The standard InChI is InChI=1S/C17H21N3O7S/c1-10-15(28(3,24)25)13(11-6-4-5-7-12(11)20(22)23)14(16(18)19-10)17(21)27-9-8-26-2/h4-7,13,19H,8-9,18H2,1-3H3. The number of hydrogen-bond acceptors (Lipinski definition) is 9. The third-order valence-corrected chi connectivity index (χ3v) is 5.46. The van der Waals surface area contributed by atoms with Crippen LogP contribution in [-0.4, -0.2) is 45.9 Å². The Morgan fingerprint density at radius 1 is 1.32 bits per heavy atom. The predicted molar refractivity (Wildman–Crippen MR) is 101 cm³/mol. The van der Waals surface area contributed by atoms with Gasteiger partial charge in [-0.25, -0.2) is 13.2 Å². The second kappa shape index (κ2) is 8.40. The predicted octanol–water partition coefficient (Wildman–Crippen LogP) is 0.918. The molecule has 3 N–H and O–H groups in total. The maximum absolute atomic E-state index is 12.7. The summed E-state index contributed by atoms with van der Waals surface area (Å²) in [5.74, 6) is -2.30. The van der Waals surface area contributed by atoms with Crippen LogP contribution in [0.1, 0.15) is 18.4 Å². The first-order valence-electron chi connectivity index (χ1n) is 8.16. The van der Waals surface area contributed by atoms with Crippen LogP contribution >= 0.6 is 0 Å². The fourth-order valence-corrected chi connectivity index (χ4v) is 4.32. The van der Waals surface area contributed by atoms with Crippen molar-refractivity contribution in [1.29, 1.82) is 0 Å². The normalized spacial score (nSPS) is 17.3. The molecule has 1 atom stereocenters. The molecule has 11 heteroatoms. The van der Waals surface area contributed by atoms with E-state index in [1.807, 2.05) is 0 Å². The van der Waals surface area contributed by atoms with Gasteiger partial charge < -0.3 is 20.5 Å². The Morgan fingerprint density at radius 2 is 1.96 bits per heavy atom. The number of nitro benzene ring substituents is 1. The topological polar surface area (TPSA) is 151 Å². The van der Waals surface area contributed by atoms with Crippen molar-refractivity contribution in [3.8, 4) is 0 Å². The van der Waals surface area contributed by atoms with E-state index in [1.165, 1.54) is 38.3 Å². The fourth-order valence-electron chi connectivity index (χ4n) is 3.04. The Kier molecular flexibility index (Phi) is 6.41. The van der Waals surface area contributed by atoms with Crippen LogP contribution in [0, 0.1) is 10.1 Å². The minimum Gasteiger partial charge on any atom is -0.460 e. The van der Waals surface area contributed by atoms with Crippen molar-refractivity contribution in [2.45, 2.75) is 12.8 Å². The summed E-state index contributed by atoms with van der Waals surface area (Å²) in [5.41, 5.74) is 5.63. The van der Waals surface area contributed by atoms with E-state index < -0.39 is 26.6 Å². The number of rotatable bonds is 7. The third-order valence-electron chi connectivity index (χ3n) is 4.12. The van der Waals surface area contributed by atoms with Crippen molar-refractivity contribution in [2.24, 2.45) is 5.73 Å². The van der Waals surface area contributed by atoms with Crippen LogP contribution < -0.4 is 11.1 Å². The van der Waals surface area contributed by atoms with Crippen LogP contribution in [0.15, 0.2) is 46.3 Å². The summed E-state index contributed by atoms with van der Waals surface area (Å²) in [4.78, 5) is 23.4. The molecule has 1 aromatic rings. The lowest BCUT2D eigenvalue weighted by molar-refractivity contribution is -0.385. The highest BCUT2D eigenvalue weighted by molar-refractivity contribution is 7.94. The zero-order chi connectivity index (χ0) is 21.1. The molecule has 0 saturated carbocycles. The van der Waals surface area contributed by atoms with Gasteiger partial charge in [0.15, 0.2) is 9.84 Å². The maximum atomic E-state index is 12.7. The SMILES string of the molecule is COCCOC(=O)C1=C(N)NC(C)=C(S(C)(=O)=O)C1c1ccccc1[N+](=O)[O-]. The average molecular weight is 411 g/mol. The molecule has 0 amide bonds. The molecule has 0 saturated heterocycles. The molecule has 10 nitrogen and oxygen atoms in total. The second-order valence-corrected chi connectivity index (χ2v) is 8.08. The summed E-state index contributed by atoms with van der Waals surface area (Å²) in [6, 6.07) is 5.59. The Morgan fingerprint density at radius 3 is 2.54 bits per heavy atom. The van der Waals surface area contributed by atoms with Gasteiger partial charge in [-0.3, -0.25) is 10.1 Å². The molecule has 2 rings (SSSR count). The molecule has 0 radical (unpaired) electrons. The molecule has 0 spiro atoms. The van der Waals surface area contributed by atoms with Crippen molar-refractivity contribution in [3.63, 3.8) is 0 Å². The number of nitro groups is 1. The van der Waals surface area contributed by atoms with Gasteiger partial charge in [-0.05, 0) is 6.92 Å². The van der Waals surface area contributed by atoms with Crippen molar-refractivity contribution < 1.29 is 27.6 Å². The van der Waals surface area contributed by atoms with Crippen molar-refractivity contribution in [3.05, 3.63) is 61.9 Å². The van der Waals surface area contributed by atoms with Crippen LogP contribution in [0.5, 0.6) is 0 Å². The first kappa shape index (κ1) is 21.4. The number of carbonyl (C=O) groups is 1. The molecule has 1 aliphatic heterocycles. The van der Waals surface area contributed by atoms with Gasteiger partial charge in [0.05, 0.1) is 27.9 Å². The molecule has 1 aliphatic rings. The van der Waals surface area contributed by atoms with Gasteiger partial charge in [0.1, 0.15) is 12.4 Å². The number of allylic oxidation sites excluding steroid dienone is 2. The number of esters is 1. The summed E-state index contributed by atoms with van der Waals surface area (Å²) in [6.07, 6.45) is 0.963. The second-order valence-electron chi connectivity index (χ2n) is 6.09. The molecule has 0 aliphatic carbocycles. The summed E-state index contributed by atoms with van der Waals surface area (Å²) in [6.45, 7) is 1.50. The van der Waals surface area contributed by atoms with E-state index in [0.29, 0.717) is 0 Å². The molecular formula is C17H21N3O7S. The highest BCUT2D eigenvalue weighted by Crippen LogP contribution is 2.43. The Balaban J connectivity index is 2.72. The van der Waals surface area contributed by atoms with Crippen LogP contribution in [0.4, 0.5) is 5.69 Å². The molecule has 1 heterocycles. The zero-order valence-electron chi connectivity index (χ0n) is 15.6. The molecular weight excluding hydrogens is 390 g/mol. The van der Waals surface area contributed by atoms with Gasteiger partial charge in [-0.1, -0.05) is 18.2 Å². The fraction of sp³-hybridized carbons (Fsp3) is 0.353. The number of nitrogens with one attached hydrogen (secondary N) is 1. The molecule has 0 fully saturated rings. The van der Waals surface area contributed by atoms with Crippen molar-refractivity contribution in [2.75, 3.05) is 26.6 Å². The first-order chi connectivity index (χ1) is 13.1. The van der Waals surface area contributed by atoms with Crippen LogP contribution in [0.25, 0.3) is 0 Å². The van der Waals surface area contributed by atoms with Crippen LogP contribution in [0.2, 0.25) is 0 Å². The number of sulfone groups is 1.